The fraction of sp³-hybridized carbons (Fsp3) is 0.500. The highest BCUT2D eigenvalue weighted by Crippen LogP contribution is 2.30. The molecule has 112 valence electrons. The number of hydrogen-bond acceptors (Lipinski definition) is 3. The van der Waals surface area contributed by atoms with Crippen LogP contribution in [0.15, 0.2) is 24.3 Å². The van der Waals surface area contributed by atoms with Crippen molar-refractivity contribution in [1.29, 1.82) is 0 Å². The summed E-state index contributed by atoms with van der Waals surface area (Å²) in [6, 6.07) is 6.09. The lowest BCUT2D eigenvalue weighted by atomic mass is 9.81. The van der Waals surface area contributed by atoms with Crippen molar-refractivity contribution in [1.82, 2.24) is 0 Å². The summed E-state index contributed by atoms with van der Waals surface area (Å²) < 4.78 is 29.0. The van der Waals surface area contributed by atoms with E-state index < -0.39 is 12.0 Å². The summed E-state index contributed by atoms with van der Waals surface area (Å²) in [7, 11) is 0. The van der Waals surface area contributed by atoms with Crippen LogP contribution in [0.25, 0.3) is 0 Å². The number of halogens is 2. The van der Waals surface area contributed by atoms with Gasteiger partial charge in [0.15, 0.2) is 0 Å². The quantitative estimate of drug-likeness (QED) is 0.810. The predicted molar refractivity (Wildman–Crippen MR) is 73.8 cm³/mol. The molecule has 1 rings (SSSR count). The van der Waals surface area contributed by atoms with Gasteiger partial charge in [0.05, 0.1) is 11.1 Å². The van der Waals surface area contributed by atoms with Crippen molar-refractivity contribution in [3.8, 4) is 5.75 Å². The third kappa shape index (κ3) is 3.66. The van der Waals surface area contributed by atoms with Gasteiger partial charge in [0.1, 0.15) is 5.75 Å². The van der Waals surface area contributed by atoms with Crippen molar-refractivity contribution in [2.24, 2.45) is 11.1 Å². The largest absolute Gasteiger partial charge is 0.433 e. The number of amides is 1. The van der Waals surface area contributed by atoms with Crippen LogP contribution < -0.4 is 15.8 Å². The van der Waals surface area contributed by atoms with Crippen LogP contribution in [0, 0.1) is 5.41 Å². The number of carbonyl (C=O) groups is 1. The lowest BCUT2D eigenvalue weighted by molar-refractivity contribution is -0.125. The Hall–Kier alpha value is -1.69. The van der Waals surface area contributed by atoms with Crippen molar-refractivity contribution < 1.29 is 18.3 Å². The fourth-order valence-electron chi connectivity index (χ4n) is 1.98. The van der Waals surface area contributed by atoms with Crippen molar-refractivity contribution in [3.05, 3.63) is 24.3 Å². The Morgan fingerprint density at radius 2 is 1.95 bits per heavy atom. The Morgan fingerprint density at radius 1 is 1.35 bits per heavy atom. The van der Waals surface area contributed by atoms with Crippen LogP contribution in [0.1, 0.15) is 26.7 Å². The summed E-state index contributed by atoms with van der Waals surface area (Å²) in [5.41, 5.74) is 5.21. The molecular formula is C14H20F2N2O2. The van der Waals surface area contributed by atoms with Gasteiger partial charge in [0.2, 0.25) is 5.91 Å². The molecule has 0 spiro atoms. The third-order valence-corrected chi connectivity index (χ3v) is 3.58. The molecule has 0 aliphatic rings. The number of nitrogens with one attached hydrogen (secondary N) is 1. The number of alkyl halides is 2. The maximum Gasteiger partial charge on any atom is 0.387 e. The number of hydrogen-bond donors (Lipinski definition) is 2. The average molecular weight is 286 g/mol. The smallest absolute Gasteiger partial charge is 0.387 e. The van der Waals surface area contributed by atoms with E-state index in [-0.39, 0.29) is 23.9 Å². The van der Waals surface area contributed by atoms with E-state index in [2.05, 4.69) is 10.1 Å². The van der Waals surface area contributed by atoms with Crippen LogP contribution >= 0.6 is 0 Å². The van der Waals surface area contributed by atoms with Crippen molar-refractivity contribution in [3.63, 3.8) is 0 Å². The zero-order valence-electron chi connectivity index (χ0n) is 11.7. The zero-order valence-corrected chi connectivity index (χ0v) is 11.7. The lowest BCUT2D eigenvalue weighted by Crippen LogP contribution is -2.41. The molecule has 0 atom stereocenters. The predicted octanol–water partition coefficient (Wildman–Crippen LogP) is 2.99. The van der Waals surface area contributed by atoms with Gasteiger partial charge < -0.3 is 15.8 Å². The minimum absolute atomic E-state index is 0.0611. The summed E-state index contributed by atoms with van der Waals surface area (Å²) >= 11 is 0. The Bertz CT molecular complexity index is 440. The normalized spacial score (nSPS) is 11.5. The van der Waals surface area contributed by atoms with Crippen LogP contribution in [0.3, 0.4) is 0 Å². The second-order valence-corrected chi connectivity index (χ2v) is 4.52. The monoisotopic (exact) mass is 286 g/mol. The van der Waals surface area contributed by atoms with Gasteiger partial charge in [0, 0.05) is 6.54 Å². The minimum atomic E-state index is -2.94. The number of para-hydroxylation sites is 2. The number of benzene rings is 1. The summed E-state index contributed by atoms with van der Waals surface area (Å²) in [5, 5.41) is 2.63. The van der Waals surface area contributed by atoms with Gasteiger partial charge >= 0.3 is 6.61 Å². The molecule has 6 heteroatoms. The van der Waals surface area contributed by atoms with Gasteiger partial charge in [-0.05, 0) is 25.0 Å². The summed E-state index contributed by atoms with van der Waals surface area (Å²) in [4.78, 5) is 12.3. The van der Waals surface area contributed by atoms with Gasteiger partial charge in [-0.1, -0.05) is 26.0 Å². The molecule has 0 aromatic heterocycles. The molecule has 0 saturated carbocycles. The SMILES string of the molecule is CCC(CC)(CN)C(=O)Nc1ccccc1OC(F)F. The number of nitrogens with two attached hydrogens (primary N) is 1. The van der Waals surface area contributed by atoms with Gasteiger partial charge in [-0.2, -0.15) is 8.78 Å². The Labute approximate surface area is 117 Å². The first-order valence-electron chi connectivity index (χ1n) is 6.54. The molecule has 0 aliphatic carbocycles. The topological polar surface area (TPSA) is 64.4 Å². The first-order valence-corrected chi connectivity index (χ1v) is 6.54. The average Bonchev–Trinajstić information content (AvgIpc) is 2.43. The summed E-state index contributed by atoms with van der Waals surface area (Å²) in [6.45, 7) is 1.00. The Kier molecular flexibility index (Phi) is 5.88. The van der Waals surface area contributed by atoms with Crippen molar-refractivity contribution >= 4 is 11.6 Å². The summed E-state index contributed by atoms with van der Waals surface area (Å²) in [6.07, 6.45) is 1.15. The maximum atomic E-state index is 12.3. The molecule has 0 saturated heterocycles. The van der Waals surface area contributed by atoms with E-state index in [9.17, 15) is 13.6 Å². The molecule has 0 heterocycles. The molecule has 0 fully saturated rings. The highest BCUT2D eigenvalue weighted by Gasteiger charge is 2.33. The second kappa shape index (κ2) is 7.19. The highest BCUT2D eigenvalue weighted by atomic mass is 19.3. The first kappa shape index (κ1) is 16.4. The number of carbonyl (C=O) groups excluding carboxylic acids is 1. The molecule has 1 aromatic rings. The van der Waals surface area contributed by atoms with Gasteiger partial charge in [-0.25, -0.2) is 0 Å². The molecule has 1 aromatic carbocycles. The second-order valence-electron chi connectivity index (χ2n) is 4.52. The minimum Gasteiger partial charge on any atom is -0.433 e. The van der Waals surface area contributed by atoms with E-state index in [1.54, 1.807) is 12.1 Å². The molecule has 0 bridgehead atoms. The fourth-order valence-corrected chi connectivity index (χ4v) is 1.98. The van der Waals surface area contributed by atoms with Gasteiger partial charge in [0.25, 0.3) is 0 Å². The van der Waals surface area contributed by atoms with Crippen LogP contribution in [0.5, 0.6) is 5.75 Å². The number of ether oxygens (including phenoxy) is 1. The Balaban J connectivity index is 2.95. The molecular weight excluding hydrogens is 266 g/mol. The first-order chi connectivity index (χ1) is 9.49. The standard InChI is InChI=1S/C14H20F2N2O2/c1-3-14(4-2,9-17)12(19)18-10-7-5-6-8-11(10)20-13(15)16/h5-8,13H,3-4,9,17H2,1-2H3,(H,18,19). The van der Waals surface area contributed by atoms with Crippen LogP contribution in [-0.2, 0) is 4.79 Å². The lowest BCUT2D eigenvalue weighted by Gasteiger charge is -2.28. The molecule has 0 unspecified atom stereocenters. The summed E-state index contributed by atoms with van der Waals surface area (Å²) in [5.74, 6) is -0.343. The molecule has 20 heavy (non-hydrogen) atoms. The number of anilines is 1. The molecule has 4 nitrogen and oxygen atoms in total. The van der Waals surface area contributed by atoms with E-state index in [1.807, 2.05) is 13.8 Å². The van der Waals surface area contributed by atoms with Crippen molar-refractivity contribution in [2.75, 3.05) is 11.9 Å². The molecule has 1 amide bonds. The Morgan fingerprint density at radius 3 is 2.45 bits per heavy atom. The highest BCUT2D eigenvalue weighted by molar-refractivity contribution is 5.96. The molecule has 0 aliphatic heterocycles. The van der Waals surface area contributed by atoms with Crippen LogP contribution in [-0.4, -0.2) is 19.1 Å². The van der Waals surface area contributed by atoms with Gasteiger partial charge in [-0.15, -0.1) is 0 Å². The molecule has 0 radical (unpaired) electrons. The van der Waals surface area contributed by atoms with Gasteiger partial charge in [-0.3, -0.25) is 4.79 Å². The third-order valence-electron chi connectivity index (χ3n) is 3.58. The van der Waals surface area contributed by atoms with E-state index in [0.717, 1.165) is 0 Å². The molecule has 3 N–H and O–H groups in total. The number of rotatable bonds is 7. The van der Waals surface area contributed by atoms with E-state index >= 15 is 0 Å². The van der Waals surface area contributed by atoms with E-state index in [1.165, 1.54) is 12.1 Å². The van der Waals surface area contributed by atoms with Crippen LogP contribution in [0.2, 0.25) is 0 Å². The van der Waals surface area contributed by atoms with E-state index in [4.69, 9.17) is 5.73 Å². The maximum absolute atomic E-state index is 12.3. The van der Waals surface area contributed by atoms with Crippen LogP contribution in [0.4, 0.5) is 14.5 Å². The van der Waals surface area contributed by atoms with Crippen molar-refractivity contribution in [2.45, 2.75) is 33.3 Å². The van der Waals surface area contributed by atoms with E-state index in [0.29, 0.717) is 12.8 Å². The zero-order chi connectivity index (χ0) is 15.2.